The second kappa shape index (κ2) is 6.24. The molecule has 0 aliphatic carbocycles. The summed E-state index contributed by atoms with van der Waals surface area (Å²) in [7, 11) is -3.14. The minimum atomic E-state index is -3.14. The number of benzene rings is 1. The van der Waals surface area contributed by atoms with Crippen LogP contribution in [0.1, 0.15) is 38.3 Å². The van der Waals surface area contributed by atoms with Crippen molar-refractivity contribution in [3.8, 4) is 0 Å². The number of rotatable bonds is 5. The maximum absolute atomic E-state index is 12.1. The fraction of sp³-hybridized carbons (Fsp3) is 0.600. The third-order valence-corrected chi connectivity index (χ3v) is 5.53. The Labute approximate surface area is 121 Å². The predicted molar refractivity (Wildman–Crippen MR) is 79.3 cm³/mol. The number of aliphatic hydroxyl groups is 1. The summed E-state index contributed by atoms with van der Waals surface area (Å²) >= 11 is 0. The first kappa shape index (κ1) is 15.5. The van der Waals surface area contributed by atoms with Gasteiger partial charge in [-0.15, -0.1) is 0 Å². The van der Waals surface area contributed by atoms with E-state index < -0.39 is 9.84 Å². The first-order valence-electron chi connectivity index (χ1n) is 7.12. The van der Waals surface area contributed by atoms with Gasteiger partial charge in [-0.3, -0.25) is 0 Å². The third-order valence-electron chi connectivity index (χ3n) is 3.72. The lowest BCUT2D eigenvalue weighted by atomic mass is 9.99. The van der Waals surface area contributed by atoms with Crippen LogP contribution in [0, 0.1) is 5.92 Å². The normalized spacial score (nSPS) is 22.5. The molecule has 1 aromatic rings. The molecule has 20 heavy (non-hydrogen) atoms. The highest BCUT2D eigenvalue weighted by atomic mass is 32.2. The van der Waals surface area contributed by atoms with Gasteiger partial charge in [0.1, 0.15) is 0 Å². The maximum atomic E-state index is 12.1. The summed E-state index contributed by atoms with van der Waals surface area (Å²) in [5.41, 5.74) is 0.834. The van der Waals surface area contributed by atoms with Crippen LogP contribution >= 0.6 is 0 Å². The number of sulfone groups is 1. The van der Waals surface area contributed by atoms with Gasteiger partial charge in [-0.05, 0) is 30.4 Å². The van der Waals surface area contributed by atoms with E-state index in [0.29, 0.717) is 17.2 Å². The van der Waals surface area contributed by atoms with Crippen molar-refractivity contribution in [2.45, 2.75) is 43.7 Å². The van der Waals surface area contributed by atoms with Crippen LogP contribution in [0.15, 0.2) is 29.2 Å². The first-order chi connectivity index (χ1) is 9.44. The predicted octanol–water partition coefficient (Wildman–Crippen LogP) is 1.90. The van der Waals surface area contributed by atoms with E-state index in [-0.39, 0.29) is 24.4 Å². The monoisotopic (exact) mass is 297 g/mol. The largest absolute Gasteiger partial charge is 0.395 e. The van der Waals surface area contributed by atoms with Gasteiger partial charge in [0.15, 0.2) is 9.84 Å². The van der Waals surface area contributed by atoms with E-state index in [1.54, 1.807) is 12.1 Å². The molecule has 4 nitrogen and oxygen atoms in total. The van der Waals surface area contributed by atoms with Crippen LogP contribution in [0.5, 0.6) is 0 Å². The van der Waals surface area contributed by atoms with Gasteiger partial charge < -0.3 is 10.4 Å². The van der Waals surface area contributed by atoms with Gasteiger partial charge in [-0.2, -0.15) is 0 Å². The third kappa shape index (κ3) is 3.40. The Balaban J connectivity index is 2.22. The molecule has 0 amide bonds. The number of nitrogens with one attached hydrogen (secondary N) is 1. The van der Waals surface area contributed by atoms with Gasteiger partial charge in [0, 0.05) is 12.1 Å². The zero-order chi connectivity index (χ0) is 14.8. The SMILES string of the molecule is CC(C)CC(CO)NC1CCS(=O)(=O)c2ccccc21. The second-order valence-electron chi connectivity index (χ2n) is 5.87. The molecule has 2 atom stereocenters. The Bertz CT molecular complexity index is 554. The van der Waals surface area contributed by atoms with Gasteiger partial charge in [0.25, 0.3) is 0 Å². The van der Waals surface area contributed by atoms with Gasteiger partial charge in [0.2, 0.25) is 0 Å². The van der Waals surface area contributed by atoms with Crippen molar-refractivity contribution in [2.75, 3.05) is 12.4 Å². The van der Waals surface area contributed by atoms with E-state index >= 15 is 0 Å². The van der Waals surface area contributed by atoms with E-state index in [9.17, 15) is 13.5 Å². The Morgan fingerprint density at radius 3 is 2.70 bits per heavy atom. The van der Waals surface area contributed by atoms with Crippen LogP contribution in [0.2, 0.25) is 0 Å². The highest BCUT2D eigenvalue weighted by Gasteiger charge is 2.30. The van der Waals surface area contributed by atoms with Crippen LogP contribution in [0.25, 0.3) is 0 Å². The summed E-state index contributed by atoms with van der Waals surface area (Å²) < 4.78 is 24.1. The second-order valence-corrected chi connectivity index (χ2v) is 7.95. The molecule has 0 radical (unpaired) electrons. The Morgan fingerprint density at radius 2 is 2.05 bits per heavy atom. The van der Waals surface area contributed by atoms with E-state index in [4.69, 9.17) is 0 Å². The Kier molecular flexibility index (Phi) is 4.83. The Hall–Kier alpha value is -0.910. The number of hydrogen-bond donors (Lipinski definition) is 2. The lowest BCUT2D eigenvalue weighted by Gasteiger charge is -2.30. The quantitative estimate of drug-likeness (QED) is 0.871. The molecule has 0 saturated carbocycles. The molecule has 0 spiro atoms. The van der Waals surface area contributed by atoms with Crippen molar-refractivity contribution >= 4 is 9.84 Å². The fourth-order valence-corrected chi connectivity index (χ4v) is 4.43. The summed E-state index contributed by atoms with van der Waals surface area (Å²) in [4.78, 5) is 0.435. The summed E-state index contributed by atoms with van der Waals surface area (Å²) in [6.07, 6.45) is 1.44. The standard InChI is InChI=1S/C15H23NO3S/c1-11(2)9-12(10-17)16-14-7-8-20(18,19)15-6-4-3-5-13(14)15/h3-6,11-12,14,16-17H,7-10H2,1-2H3. The Morgan fingerprint density at radius 1 is 1.35 bits per heavy atom. The highest BCUT2D eigenvalue weighted by molar-refractivity contribution is 7.91. The first-order valence-corrected chi connectivity index (χ1v) is 8.78. The van der Waals surface area contributed by atoms with Gasteiger partial charge >= 0.3 is 0 Å². The average molecular weight is 297 g/mol. The molecule has 1 aromatic carbocycles. The van der Waals surface area contributed by atoms with Crippen molar-refractivity contribution in [1.82, 2.24) is 5.32 Å². The molecule has 112 valence electrons. The summed E-state index contributed by atoms with van der Waals surface area (Å²) in [5, 5.41) is 12.9. The van der Waals surface area contributed by atoms with Crippen molar-refractivity contribution in [3.63, 3.8) is 0 Å². The zero-order valence-corrected chi connectivity index (χ0v) is 12.9. The highest BCUT2D eigenvalue weighted by Crippen LogP contribution is 2.32. The molecule has 0 bridgehead atoms. The minimum Gasteiger partial charge on any atom is -0.395 e. The van der Waals surface area contributed by atoms with E-state index in [2.05, 4.69) is 19.2 Å². The summed E-state index contributed by atoms with van der Waals surface area (Å²) in [6.45, 7) is 4.30. The molecule has 0 saturated heterocycles. The molecule has 2 rings (SSSR count). The van der Waals surface area contributed by atoms with Crippen molar-refractivity contribution in [1.29, 1.82) is 0 Å². The molecule has 5 heteroatoms. The zero-order valence-electron chi connectivity index (χ0n) is 12.0. The van der Waals surface area contributed by atoms with E-state index in [1.807, 2.05) is 12.1 Å². The number of aliphatic hydroxyl groups excluding tert-OH is 1. The molecular formula is C15H23NO3S. The average Bonchev–Trinajstić information content (AvgIpc) is 2.41. The van der Waals surface area contributed by atoms with Crippen LogP contribution in [0.4, 0.5) is 0 Å². The summed E-state index contributed by atoms with van der Waals surface area (Å²) in [5.74, 6) is 0.656. The number of hydrogen-bond acceptors (Lipinski definition) is 4. The molecule has 1 heterocycles. The van der Waals surface area contributed by atoms with Crippen molar-refractivity contribution in [2.24, 2.45) is 5.92 Å². The minimum absolute atomic E-state index is 0.00521. The van der Waals surface area contributed by atoms with Crippen molar-refractivity contribution in [3.05, 3.63) is 29.8 Å². The number of fused-ring (bicyclic) bond motifs is 1. The lowest BCUT2D eigenvalue weighted by Crippen LogP contribution is -2.39. The van der Waals surface area contributed by atoms with Gasteiger partial charge in [0.05, 0.1) is 17.3 Å². The van der Waals surface area contributed by atoms with E-state index in [0.717, 1.165) is 12.0 Å². The topological polar surface area (TPSA) is 66.4 Å². The summed E-state index contributed by atoms with van der Waals surface area (Å²) in [6, 6.07) is 7.18. The van der Waals surface area contributed by atoms with Gasteiger partial charge in [-0.1, -0.05) is 32.0 Å². The van der Waals surface area contributed by atoms with Crippen LogP contribution in [0.3, 0.4) is 0 Å². The lowest BCUT2D eigenvalue weighted by molar-refractivity contribution is 0.211. The molecule has 0 fully saturated rings. The van der Waals surface area contributed by atoms with Crippen LogP contribution in [-0.4, -0.2) is 31.9 Å². The van der Waals surface area contributed by atoms with Crippen molar-refractivity contribution < 1.29 is 13.5 Å². The molecular weight excluding hydrogens is 274 g/mol. The fourth-order valence-electron chi connectivity index (χ4n) is 2.81. The molecule has 2 N–H and O–H groups in total. The molecule has 0 aromatic heterocycles. The maximum Gasteiger partial charge on any atom is 0.178 e. The van der Waals surface area contributed by atoms with E-state index in [1.165, 1.54) is 0 Å². The smallest absolute Gasteiger partial charge is 0.178 e. The van der Waals surface area contributed by atoms with Crippen LogP contribution < -0.4 is 5.32 Å². The van der Waals surface area contributed by atoms with Gasteiger partial charge in [-0.25, -0.2) is 8.42 Å². The molecule has 1 aliphatic heterocycles. The van der Waals surface area contributed by atoms with Crippen LogP contribution in [-0.2, 0) is 9.84 Å². The molecule has 2 unspecified atom stereocenters. The molecule has 1 aliphatic rings.